The molecule has 1 atom stereocenters. The lowest BCUT2D eigenvalue weighted by molar-refractivity contribution is 0.570. The van der Waals surface area contributed by atoms with Crippen LogP contribution < -0.4 is 5.32 Å². The van der Waals surface area contributed by atoms with Gasteiger partial charge in [0.25, 0.3) is 0 Å². The predicted molar refractivity (Wildman–Crippen MR) is 67.8 cm³/mol. The molecular weight excluding hydrogens is 268 g/mol. The minimum atomic E-state index is -2.96. The molecule has 1 aromatic heterocycles. The minimum Gasteiger partial charge on any atom is -0.316 e. The first kappa shape index (κ1) is 13.9. The van der Waals surface area contributed by atoms with E-state index in [1.807, 2.05) is 0 Å². The molecule has 1 unspecified atom stereocenters. The molecule has 7 heteroatoms. The third-order valence-electron chi connectivity index (χ3n) is 2.50. The van der Waals surface area contributed by atoms with E-state index in [-0.39, 0.29) is 18.2 Å². The van der Waals surface area contributed by atoms with Gasteiger partial charge in [0.05, 0.1) is 17.0 Å². The lowest BCUT2D eigenvalue weighted by Gasteiger charge is -2.07. The number of sulfone groups is 1. The first-order valence-corrected chi connectivity index (χ1v) is 7.64. The fourth-order valence-corrected chi connectivity index (χ4v) is 4.62. The number of nitrogens with zero attached hydrogens (tertiary/aromatic N) is 1. The van der Waals surface area contributed by atoms with E-state index in [2.05, 4.69) is 10.3 Å². The first-order valence-electron chi connectivity index (χ1n) is 4.94. The van der Waals surface area contributed by atoms with Crippen molar-refractivity contribution in [2.75, 3.05) is 18.8 Å². The first-order chi connectivity index (χ1) is 7.16. The maximum absolute atomic E-state index is 11.8. The van der Waals surface area contributed by atoms with Gasteiger partial charge in [-0.2, -0.15) is 0 Å². The molecule has 2 heterocycles. The largest absolute Gasteiger partial charge is 0.316 e. The summed E-state index contributed by atoms with van der Waals surface area (Å²) in [5, 5.41) is 3.18. The maximum Gasteiger partial charge on any atom is 0.155 e. The smallest absolute Gasteiger partial charge is 0.155 e. The molecule has 0 amide bonds. The maximum atomic E-state index is 11.8. The van der Waals surface area contributed by atoms with Crippen molar-refractivity contribution in [1.29, 1.82) is 0 Å². The third kappa shape index (κ3) is 4.01. The summed E-state index contributed by atoms with van der Waals surface area (Å²) in [6.07, 6.45) is 2.61. The van der Waals surface area contributed by atoms with Crippen molar-refractivity contribution in [3.05, 3.63) is 16.6 Å². The normalized spacial score (nSPS) is 20.6. The Labute approximate surface area is 106 Å². The quantitative estimate of drug-likeness (QED) is 0.898. The summed E-state index contributed by atoms with van der Waals surface area (Å²) >= 11 is 1.40. The van der Waals surface area contributed by atoms with Crippen LogP contribution in [-0.4, -0.2) is 32.2 Å². The van der Waals surface area contributed by atoms with Crippen molar-refractivity contribution < 1.29 is 8.42 Å². The minimum absolute atomic E-state index is 0. The third-order valence-corrected chi connectivity index (χ3v) is 5.19. The van der Waals surface area contributed by atoms with Gasteiger partial charge in [-0.3, -0.25) is 4.98 Å². The molecule has 0 radical (unpaired) electrons. The Morgan fingerprint density at radius 1 is 1.56 bits per heavy atom. The van der Waals surface area contributed by atoms with Crippen molar-refractivity contribution in [2.45, 2.75) is 12.2 Å². The summed E-state index contributed by atoms with van der Waals surface area (Å²) in [6.45, 7) is 1.78. The Balaban J connectivity index is 0.00000128. The van der Waals surface area contributed by atoms with E-state index in [0.29, 0.717) is 11.7 Å². The van der Waals surface area contributed by atoms with Crippen molar-refractivity contribution in [1.82, 2.24) is 10.3 Å². The molecule has 1 aromatic rings. The fourth-order valence-electron chi connectivity index (χ4n) is 1.80. The highest BCUT2D eigenvalue weighted by atomic mass is 35.5. The highest BCUT2D eigenvalue weighted by molar-refractivity contribution is 7.90. The van der Waals surface area contributed by atoms with Gasteiger partial charge in [0, 0.05) is 11.1 Å². The second-order valence-electron chi connectivity index (χ2n) is 3.88. The Morgan fingerprint density at radius 2 is 2.38 bits per heavy atom. The van der Waals surface area contributed by atoms with Gasteiger partial charge < -0.3 is 5.32 Å². The lowest BCUT2D eigenvalue weighted by atomic mass is 10.2. The van der Waals surface area contributed by atoms with Crippen molar-refractivity contribution >= 4 is 33.6 Å². The molecule has 4 nitrogen and oxygen atoms in total. The van der Waals surface area contributed by atoms with Gasteiger partial charge in [-0.05, 0) is 25.4 Å². The van der Waals surface area contributed by atoms with Crippen LogP contribution in [0.1, 0.15) is 11.3 Å². The summed E-state index contributed by atoms with van der Waals surface area (Å²) in [4.78, 5) is 4.71. The highest BCUT2D eigenvalue weighted by Gasteiger charge is 2.22. The summed E-state index contributed by atoms with van der Waals surface area (Å²) < 4.78 is 23.6. The second kappa shape index (κ2) is 5.95. The van der Waals surface area contributed by atoms with E-state index >= 15 is 0 Å². The van der Waals surface area contributed by atoms with Gasteiger partial charge in [0.15, 0.2) is 9.84 Å². The monoisotopic (exact) mass is 282 g/mol. The molecule has 0 bridgehead atoms. The van der Waals surface area contributed by atoms with Crippen molar-refractivity contribution in [3.63, 3.8) is 0 Å². The van der Waals surface area contributed by atoms with Crippen molar-refractivity contribution in [2.24, 2.45) is 5.92 Å². The van der Waals surface area contributed by atoms with E-state index in [0.717, 1.165) is 24.4 Å². The van der Waals surface area contributed by atoms with Crippen LogP contribution in [0.25, 0.3) is 0 Å². The Bertz CT molecular complexity index is 399. The van der Waals surface area contributed by atoms with Crippen LogP contribution in [0, 0.1) is 5.92 Å². The van der Waals surface area contributed by atoms with E-state index in [4.69, 9.17) is 0 Å². The number of nitrogens with one attached hydrogen (secondary N) is 1. The summed E-state index contributed by atoms with van der Waals surface area (Å²) in [5.74, 6) is 0.745. The van der Waals surface area contributed by atoms with E-state index in [9.17, 15) is 8.42 Å². The van der Waals surface area contributed by atoms with Crippen LogP contribution in [0.15, 0.2) is 11.7 Å². The number of rotatable bonds is 4. The van der Waals surface area contributed by atoms with Crippen LogP contribution in [0.4, 0.5) is 0 Å². The summed E-state index contributed by atoms with van der Waals surface area (Å²) in [5.41, 5.74) is 1.67. The summed E-state index contributed by atoms with van der Waals surface area (Å²) in [6, 6.07) is 0. The van der Waals surface area contributed by atoms with Gasteiger partial charge in [-0.1, -0.05) is 0 Å². The van der Waals surface area contributed by atoms with Crippen molar-refractivity contribution in [3.8, 4) is 0 Å². The molecule has 1 N–H and O–H groups in total. The average molecular weight is 283 g/mol. The molecule has 0 aliphatic carbocycles. The molecule has 1 saturated heterocycles. The van der Waals surface area contributed by atoms with Gasteiger partial charge in [0.2, 0.25) is 0 Å². The average Bonchev–Trinajstić information content (AvgIpc) is 2.75. The molecule has 16 heavy (non-hydrogen) atoms. The van der Waals surface area contributed by atoms with Gasteiger partial charge >= 0.3 is 0 Å². The predicted octanol–water partition coefficient (Wildman–Crippen LogP) is 1.09. The molecule has 0 spiro atoms. The molecule has 0 saturated carbocycles. The van der Waals surface area contributed by atoms with E-state index in [1.165, 1.54) is 11.3 Å². The second-order valence-corrected chi connectivity index (χ2v) is 6.96. The molecule has 1 aliphatic heterocycles. The Morgan fingerprint density at radius 3 is 2.94 bits per heavy atom. The molecule has 0 aromatic carbocycles. The van der Waals surface area contributed by atoms with E-state index in [1.54, 1.807) is 11.7 Å². The standard InChI is InChI=1S/C9H14N2O2S2.ClH/c12-15(13,5-8-1-2-10-3-8)6-9-4-11-7-14-9;/h4,7-8,10H,1-3,5-6H2;1H. The number of hydrogen-bond acceptors (Lipinski definition) is 5. The molecule has 2 rings (SSSR count). The van der Waals surface area contributed by atoms with Gasteiger partial charge in [-0.15, -0.1) is 23.7 Å². The molecular formula is C9H15ClN2O2S2. The van der Waals surface area contributed by atoms with Crippen LogP contribution in [0.2, 0.25) is 0 Å². The highest BCUT2D eigenvalue weighted by Crippen LogP contribution is 2.16. The number of halogens is 1. The van der Waals surface area contributed by atoms with Crippen LogP contribution >= 0.6 is 23.7 Å². The van der Waals surface area contributed by atoms with Crippen LogP contribution in [-0.2, 0) is 15.6 Å². The summed E-state index contributed by atoms with van der Waals surface area (Å²) in [7, 11) is -2.96. The molecule has 1 aliphatic rings. The van der Waals surface area contributed by atoms with E-state index < -0.39 is 9.84 Å². The van der Waals surface area contributed by atoms with Gasteiger partial charge in [0.1, 0.15) is 0 Å². The van der Waals surface area contributed by atoms with Crippen LogP contribution in [0.5, 0.6) is 0 Å². The molecule has 1 fully saturated rings. The number of aromatic nitrogens is 1. The zero-order valence-corrected chi connectivity index (χ0v) is 11.2. The number of hydrogen-bond donors (Lipinski definition) is 1. The molecule has 92 valence electrons. The zero-order valence-electron chi connectivity index (χ0n) is 8.76. The zero-order chi connectivity index (χ0) is 10.7. The Kier molecular flexibility index (Phi) is 5.17. The SMILES string of the molecule is Cl.O=S(=O)(Cc1cncs1)CC1CCNC1. The number of thiazole rings is 1. The van der Waals surface area contributed by atoms with Crippen LogP contribution in [0.3, 0.4) is 0 Å². The Hall–Kier alpha value is -0.170. The lowest BCUT2D eigenvalue weighted by Crippen LogP contribution is -2.19. The fraction of sp³-hybridized carbons (Fsp3) is 0.667. The topological polar surface area (TPSA) is 59.1 Å². The van der Waals surface area contributed by atoms with Gasteiger partial charge in [-0.25, -0.2) is 8.42 Å².